The number of rotatable bonds is 7. The number of carbonyl (C=O) groups excluding carboxylic acids is 1. The van der Waals surface area contributed by atoms with E-state index in [0.717, 1.165) is 18.4 Å². The van der Waals surface area contributed by atoms with Gasteiger partial charge in [0.25, 0.3) is 11.5 Å². The molecule has 0 fully saturated rings. The largest absolute Gasteiger partial charge is 0.292 e. The van der Waals surface area contributed by atoms with Gasteiger partial charge in [-0.15, -0.1) is 0 Å². The predicted molar refractivity (Wildman–Crippen MR) is 117 cm³/mol. The molecule has 1 aromatic heterocycles. The molecular formula is C23H26N4O2. The van der Waals surface area contributed by atoms with Crippen LogP contribution in [0.1, 0.15) is 61.1 Å². The third-order valence-electron chi connectivity index (χ3n) is 4.79. The molecule has 1 heterocycles. The molecule has 0 saturated heterocycles. The van der Waals surface area contributed by atoms with Gasteiger partial charge in [-0.05, 0) is 29.5 Å². The van der Waals surface area contributed by atoms with Crippen molar-refractivity contribution in [3.05, 3.63) is 75.7 Å². The minimum atomic E-state index is -0.443. The van der Waals surface area contributed by atoms with Gasteiger partial charge in [-0.25, -0.2) is 10.1 Å². The molecule has 0 bridgehead atoms. The van der Waals surface area contributed by atoms with Gasteiger partial charge in [0.15, 0.2) is 5.69 Å². The van der Waals surface area contributed by atoms with Gasteiger partial charge in [-0.1, -0.05) is 69.7 Å². The van der Waals surface area contributed by atoms with E-state index >= 15 is 0 Å². The van der Waals surface area contributed by atoms with E-state index < -0.39 is 5.91 Å². The summed E-state index contributed by atoms with van der Waals surface area (Å²) in [4.78, 5) is 25.3. The number of nitrogens with one attached hydrogen (secondary N) is 1. The molecule has 150 valence electrons. The number of fused-ring (bicyclic) bond motifs is 1. The molecule has 0 radical (unpaired) electrons. The summed E-state index contributed by atoms with van der Waals surface area (Å²) in [5.41, 5.74) is 4.68. The Bertz CT molecular complexity index is 1080. The smallest absolute Gasteiger partial charge is 0.267 e. The van der Waals surface area contributed by atoms with Crippen LogP contribution in [0.3, 0.4) is 0 Å². The van der Waals surface area contributed by atoms with Crippen LogP contribution in [0.2, 0.25) is 0 Å². The maximum absolute atomic E-state index is 12.7. The molecule has 1 amide bonds. The molecule has 0 spiro atoms. The topological polar surface area (TPSA) is 76.3 Å². The van der Waals surface area contributed by atoms with Crippen LogP contribution in [0.25, 0.3) is 10.8 Å². The maximum atomic E-state index is 12.7. The van der Waals surface area contributed by atoms with E-state index in [4.69, 9.17) is 0 Å². The molecule has 0 unspecified atom stereocenters. The van der Waals surface area contributed by atoms with E-state index in [1.165, 1.54) is 10.2 Å². The van der Waals surface area contributed by atoms with E-state index in [1.807, 2.05) is 31.2 Å². The summed E-state index contributed by atoms with van der Waals surface area (Å²) in [5, 5.41) is 9.38. The first-order valence-corrected chi connectivity index (χ1v) is 9.94. The second-order valence-corrected chi connectivity index (χ2v) is 7.30. The molecule has 0 atom stereocenters. The average Bonchev–Trinajstić information content (AvgIpc) is 2.73. The van der Waals surface area contributed by atoms with Gasteiger partial charge in [0, 0.05) is 11.9 Å². The lowest BCUT2D eigenvalue weighted by Crippen LogP contribution is -2.29. The van der Waals surface area contributed by atoms with Crippen LogP contribution in [-0.2, 0) is 6.54 Å². The number of aromatic nitrogens is 2. The van der Waals surface area contributed by atoms with Crippen molar-refractivity contribution in [2.75, 3.05) is 0 Å². The van der Waals surface area contributed by atoms with Crippen molar-refractivity contribution in [2.45, 2.75) is 46.1 Å². The van der Waals surface area contributed by atoms with Crippen LogP contribution in [0, 0.1) is 0 Å². The van der Waals surface area contributed by atoms with Crippen molar-refractivity contribution in [1.29, 1.82) is 0 Å². The van der Waals surface area contributed by atoms with E-state index in [9.17, 15) is 9.59 Å². The molecular weight excluding hydrogens is 364 g/mol. The third kappa shape index (κ3) is 4.77. The fourth-order valence-corrected chi connectivity index (χ4v) is 3.05. The molecule has 3 aromatic rings. The van der Waals surface area contributed by atoms with Gasteiger partial charge >= 0.3 is 0 Å². The molecule has 6 nitrogen and oxygen atoms in total. The minimum absolute atomic E-state index is 0.181. The number of unbranched alkanes of at least 4 members (excludes halogenated alkanes) is 1. The first kappa shape index (κ1) is 20.5. The first-order valence-electron chi connectivity index (χ1n) is 9.94. The molecule has 0 saturated carbocycles. The van der Waals surface area contributed by atoms with E-state index in [2.05, 4.69) is 29.5 Å². The van der Waals surface area contributed by atoms with Crippen molar-refractivity contribution in [2.24, 2.45) is 5.10 Å². The van der Waals surface area contributed by atoms with E-state index in [0.29, 0.717) is 23.2 Å². The van der Waals surface area contributed by atoms with Crippen molar-refractivity contribution in [3.63, 3.8) is 0 Å². The van der Waals surface area contributed by atoms with Crippen molar-refractivity contribution >= 4 is 22.9 Å². The highest BCUT2D eigenvalue weighted by Crippen LogP contribution is 2.15. The van der Waals surface area contributed by atoms with Crippen molar-refractivity contribution in [3.8, 4) is 0 Å². The van der Waals surface area contributed by atoms with Crippen LogP contribution in [-0.4, -0.2) is 21.9 Å². The summed E-state index contributed by atoms with van der Waals surface area (Å²) in [6, 6.07) is 15.0. The van der Waals surface area contributed by atoms with Gasteiger partial charge in [0.05, 0.1) is 11.6 Å². The Morgan fingerprint density at radius 2 is 1.83 bits per heavy atom. The molecule has 29 heavy (non-hydrogen) atoms. The molecule has 1 N–H and O–H groups in total. The molecule has 0 aliphatic heterocycles. The predicted octanol–water partition coefficient (Wildman–Crippen LogP) is 4.08. The Hall–Kier alpha value is -3.28. The number of benzene rings is 2. The standard InChI is InChI=1S/C23H26N4O2/c1-4-5-14-27-23(29)20-9-7-6-8-19(20)21(26-27)22(28)25-24-15-17-10-12-18(13-11-17)16(2)3/h6-13,15-16H,4-5,14H2,1-3H3,(H,25,28)/b24-15+. The zero-order valence-electron chi connectivity index (χ0n) is 17.1. The molecule has 0 aliphatic carbocycles. The number of hydrogen-bond acceptors (Lipinski definition) is 4. The van der Waals surface area contributed by atoms with E-state index in [-0.39, 0.29) is 11.3 Å². The lowest BCUT2D eigenvalue weighted by atomic mass is 10.0. The summed E-state index contributed by atoms with van der Waals surface area (Å²) >= 11 is 0. The summed E-state index contributed by atoms with van der Waals surface area (Å²) in [6.45, 7) is 6.80. The van der Waals surface area contributed by atoms with Crippen molar-refractivity contribution < 1.29 is 4.79 Å². The number of hydrogen-bond donors (Lipinski definition) is 1. The summed E-state index contributed by atoms with van der Waals surface area (Å²) in [7, 11) is 0. The first-order chi connectivity index (χ1) is 14.0. The number of hydrazone groups is 1. The summed E-state index contributed by atoms with van der Waals surface area (Å²) in [5.74, 6) is 0.0185. The fraction of sp³-hybridized carbons (Fsp3) is 0.304. The fourth-order valence-electron chi connectivity index (χ4n) is 3.05. The summed E-state index contributed by atoms with van der Waals surface area (Å²) < 4.78 is 1.37. The highest BCUT2D eigenvalue weighted by atomic mass is 16.2. The zero-order valence-corrected chi connectivity index (χ0v) is 17.1. The Morgan fingerprint density at radius 1 is 1.14 bits per heavy atom. The number of carbonyl (C=O) groups is 1. The molecule has 3 rings (SSSR count). The number of amides is 1. The minimum Gasteiger partial charge on any atom is -0.267 e. The van der Waals surface area contributed by atoms with Crippen LogP contribution in [0.4, 0.5) is 0 Å². The number of nitrogens with zero attached hydrogens (tertiary/aromatic N) is 3. The quantitative estimate of drug-likeness (QED) is 0.488. The Balaban J connectivity index is 1.84. The zero-order chi connectivity index (χ0) is 20.8. The van der Waals surface area contributed by atoms with Crippen LogP contribution < -0.4 is 11.0 Å². The van der Waals surface area contributed by atoms with Gasteiger partial charge in [0.2, 0.25) is 0 Å². The van der Waals surface area contributed by atoms with Crippen LogP contribution in [0.5, 0.6) is 0 Å². The monoisotopic (exact) mass is 390 g/mol. The number of aryl methyl sites for hydroxylation is 1. The van der Waals surface area contributed by atoms with Gasteiger partial charge in [0.1, 0.15) is 0 Å². The highest BCUT2D eigenvalue weighted by molar-refractivity contribution is 6.04. The van der Waals surface area contributed by atoms with Gasteiger partial charge in [-0.3, -0.25) is 9.59 Å². The molecule has 2 aromatic carbocycles. The average molecular weight is 390 g/mol. The Labute approximate surface area is 170 Å². The summed E-state index contributed by atoms with van der Waals surface area (Å²) in [6.07, 6.45) is 3.34. The lowest BCUT2D eigenvalue weighted by Gasteiger charge is -2.09. The van der Waals surface area contributed by atoms with Crippen LogP contribution >= 0.6 is 0 Å². The van der Waals surface area contributed by atoms with E-state index in [1.54, 1.807) is 30.5 Å². The third-order valence-corrected chi connectivity index (χ3v) is 4.79. The highest BCUT2D eigenvalue weighted by Gasteiger charge is 2.16. The SMILES string of the molecule is CCCCn1nc(C(=O)N/N=C/c2ccc(C(C)C)cc2)c2ccccc2c1=O. The Morgan fingerprint density at radius 3 is 2.48 bits per heavy atom. The van der Waals surface area contributed by atoms with Gasteiger partial charge < -0.3 is 0 Å². The van der Waals surface area contributed by atoms with Gasteiger partial charge in [-0.2, -0.15) is 10.2 Å². The normalized spacial score (nSPS) is 11.4. The second-order valence-electron chi connectivity index (χ2n) is 7.30. The Kier molecular flexibility index (Phi) is 6.54. The van der Waals surface area contributed by atoms with Crippen LogP contribution in [0.15, 0.2) is 58.4 Å². The maximum Gasteiger partial charge on any atom is 0.292 e. The lowest BCUT2D eigenvalue weighted by molar-refractivity contribution is 0.0949. The second kappa shape index (κ2) is 9.28. The van der Waals surface area contributed by atoms with Crippen molar-refractivity contribution in [1.82, 2.24) is 15.2 Å². The molecule has 6 heteroatoms. The molecule has 0 aliphatic rings.